The van der Waals surface area contributed by atoms with E-state index in [1.54, 1.807) is 0 Å². The van der Waals surface area contributed by atoms with E-state index in [1.165, 1.54) is 22.4 Å². The van der Waals surface area contributed by atoms with Crippen LogP contribution in [-0.4, -0.2) is 11.9 Å². The van der Waals surface area contributed by atoms with Gasteiger partial charge in [-0.05, 0) is 37.5 Å². The number of allylic oxidation sites excluding steroid dienone is 7. The molecule has 0 aromatic rings. The second-order valence-corrected chi connectivity index (χ2v) is 5.01. The summed E-state index contributed by atoms with van der Waals surface area (Å²) < 4.78 is 0. The van der Waals surface area contributed by atoms with Crippen molar-refractivity contribution in [1.29, 1.82) is 0 Å². The highest BCUT2D eigenvalue weighted by molar-refractivity contribution is 5.48. The summed E-state index contributed by atoms with van der Waals surface area (Å²) in [6.07, 6.45) is 10.5. The molecule has 0 N–H and O–H groups in total. The van der Waals surface area contributed by atoms with E-state index >= 15 is 0 Å². The molecule has 1 aliphatic rings. The van der Waals surface area contributed by atoms with E-state index in [9.17, 15) is 0 Å². The molecule has 0 saturated carbocycles. The summed E-state index contributed by atoms with van der Waals surface area (Å²) in [6, 6.07) is 0. The molecule has 17 heavy (non-hydrogen) atoms. The first-order chi connectivity index (χ1) is 7.93. The Morgan fingerprint density at radius 1 is 1.29 bits per heavy atom. The SMILES string of the molecule is C=C(/C(C=C(C)C)=C1/C=CC=CN1C)C(C)C. The molecule has 1 heterocycles. The van der Waals surface area contributed by atoms with Crippen LogP contribution < -0.4 is 0 Å². The Morgan fingerprint density at radius 3 is 2.41 bits per heavy atom. The van der Waals surface area contributed by atoms with E-state index in [-0.39, 0.29) is 0 Å². The minimum atomic E-state index is 0.459. The molecule has 0 saturated heterocycles. The standard InChI is InChI=1S/C16H23N/c1-12(2)11-15(14(5)13(3)4)16-9-7-8-10-17(16)6/h7-11,13H,5H2,1-4,6H3/b16-15-. The van der Waals surface area contributed by atoms with Crippen LogP contribution >= 0.6 is 0 Å². The molecule has 0 aromatic heterocycles. The fraction of sp³-hybridized carbons (Fsp3) is 0.375. The van der Waals surface area contributed by atoms with Crippen molar-refractivity contribution < 1.29 is 0 Å². The average molecular weight is 229 g/mol. The molecule has 0 fully saturated rings. The van der Waals surface area contributed by atoms with Gasteiger partial charge in [-0.2, -0.15) is 0 Å². The first kappa shape index (κ1) is 13.6. The molecule has 1 rings (SSSR count). The van der Waals surface area contributed by atoms with Crippen molar-refractivity contribution in [2.24, 2.45) is 5.92 Å². The topological polar surface area (TPSA) is 3.24 Å². The van der Waals surface area contributed by atoms with Crippen LogP contribution in [0.25, 0.3) is 0 Å². The van der Waals surface area contributed by atoms with Gasteiger partial charge in [0.2, 0.25) is 0 Å². The molecule has 0 aliphatic carbocycles. The Balaban J connectivity index is 3.27. The third kappa shape index (κ3) is 3.48. The number of hydrogen-bond acceptors (Lipinski definition) is 1. The number of rotatable bonds is 3. The van der Waals surface area contributed by atoms with Crippen LogP contribution in [0.5, 0.6) is 0 Å². The van der Waals surface area contributed by atoms with Gasteiger partial charge in [-0.3, -0.25) is 0 Å². The van der Waals surface area contributed by atoms with Crippen molar-refractivity contribution in [3.05, 3.63) is 59.5 Å². The monoisotopic (exact) mass is 229 g/mol. The largest absolute Gasteiger partial charge is 0.351 e. The highest BCUT2D eigenvalue weighted by Gasteiger charge is 2.12. The van der Waals surface area contributed by atoms with Gasteiger partial charge in [0.25, 0.3) is 0 Å². The summed E-state index contributed by atoms with van der Waals surface area (Å²) in [4.78, 5) is 2.14. The lowest BCUT2D eigenvalue weighted by Crippen LogP contribution is -2.14. The van der Waals surface area contributed by atoms with Gasteiger partial charge in [0, 0.05) is 24.5 Å². The van der Waals surface area contributed by atoms with E-state index in [0.29, 0.717) is 5.92 Å². The molecular weight excluding hydrogens is 206 g/mol. The molecule has 0 unspecified atom stereocenters. The molecule has 1 heteroatoms. The van der Waals surface area contributed by atoms with E-state index in [0.717, 1.165) is 0 Å². The minimum absolute atomic E-state index is 0.459. The van der Waals surface area contributed by atoms with Gasteiger partial charge in [-0.15, -0.1) is 0 Å². The predicted octanol–water partition coefficient (Wildman–Crippen LogP) is 4.43. The van der Waals surface area contributed by atoms with E-state index < -0.39 is 0 Å². The van der Waals surface area contributed by atoms with Gasteiger partial charge in [0.15, 0.2) is 0 Å². The Kier molecular flexibility index (Phi) is 4.56. The fourth-order valence-corrected chi connectivity index (χ4v) is 1.73. The van der Waals surface area contributed by atoms with E-state index in [2.05, 4.69) is 70.6 Å². The number of hydrogen-bond donors (Lipinski definition) is 0. The lowest BCUT2D eigenvalue weighted by atomic mass is 9.93. The summed E-state index contributed by atoms with van der Waals surface area (Å²) in [7, 11) is 2.07. The van der Waals surface area contributed by atoms with Crippen molar-refractivity contribution in [3.63, 3.8) is 0 Å². The molecule has 92 valence electrons. The zero-order valence-corrected chi connectivity index (χ0v) is 11.6. The first-order valence-electron chi connectivity index (χ1n) is 6.09. The van der Waals surface area contributed by atoms with Gasteiger partial charge >= 0.3 is 0 Å². The number of likely N-dealkylation sites (N-methyl/N-ethyl adjacent to an activating group) is 1. The van der Waals surface area contributed by atoms with E-state index in [1.807, 2.05) is 6.08 Å². The van der Waals surface area contributed by atoms with Gasteiger partial charge in [-0.1, -0.05) is 38.2 Å². The molecule has 0 radical (unpaired) electrons. The van der Waals surface area contributed by atoms with Crippen molar-refractivity contribution in [2.75, 3.05) is 7.05 Å². The Hall–Kier alpha value is -1.50. The maximum Gasteiger partial charge on any atom is 0.0479 e. The lowest BCUT2D eigenvalue weighted by Gasteiger charge is -2.24. The molecule has 0 atom stereocenters. The minimum Gasteiger partial charge on any atom is -0.351 e. The highest BCUT2D eigenvalue weighted by Crippen LogP contribution is 2.26. The number of nitrogens with zero attached hydrogens (tertiary/aromatic N) is 1. The summed E-state index contributed by atoms with van der Waals surface area (Å²) in [6.45, 7) is 12.8. The van der Waals surface area contributed by atoms with Crippen LogP contribution in [0, 0.1) is 5.92 Å². The summed E-state index contributed by atoms with van der Waals surface area (Å²) in [5.41, 5.74) is 4.94. The third-order valence-electron chi connectivity index (χ3n) is 2.81. The van der Waals surface area contributed by atoms with Gasteiger partial charge in [0.1, 0.15) is 0 Å². The summed E-state index contributed by atoms with van der Waals surface area (Å²) in [5.74, 6) is 0.459. The second-order valence-electron chi connectivity index (χ2n) is 5.01. The van der Waals surface area contributed by atoms with Crippen molar-refractivity contribution >= 4 is 0 Å². The van der Waals surface area contributed by atoms with Crippen LogP contribution in [0.2, 0.25) is 0 Å². The quantitative estimate of drug-likeness (QED) is 0.692. The lowest BCUT2D eigenvalue weighted by molar-refractivity contribution is 0.576. The van der Waals surface area contributed by atoms with Crippen LogP contribution in [0.4, 0.5) is 0 Å². The predicted molar refractivity (Wildman–Crippen MR) is 76.5 cm³/mol. The Bertz CT molecular complexity index is 413. The average Bonchev–Trinajstić information content (AvgIpc) is 2.25. The van der Waals surface area contributed by atoms with Crippen LogP contribution in [0.3, 0.4) is 0 Å². The second kappa shape index (κ2) is 5.72. The zero-order valence-electron chi connectivity index (χ0n) is 11.6. The molecule has 0 amide bonds. The van der Waals surface area contributed by atoms with Crippen molar-refractivity contribution in [1.82, 2.24) is 4.90 Å². The fourth-order valence-electron chi connectivity index (χ4n) is 1.73. The van der Waals surface area contributed by atoms with Crippen molar-refractivity contribution in [3.8, 4) is 0 Å². The maximum absolute atomic E-state index is 4.23. The highest BCUT2D eigenvalue weighted by atomic mass is 15.1. The zero-order chi connectivity index (χ0) is 13.0. The first-order valence-corrected chi connectivity index (χ1v) is 6.09. The summed E-state index contributed by atoms with van der Waals surface area (Å²) in [5, 5.41) is 0. The molecule has 1 nitrogen and oxygen atoms in total. The van der Waals surface area contributed by atoms with Crippen LogP contribution in [-0.2, 0) is 0 Å². The van der Waals surface area contributed by atoms with Crippen LogP contribution in [0.15, 0.2) is 59.5 Å². The van der Waals surface area contributed by atoms with Gasteiger partial charge in [-0.25, -0.2) is 0 Å². The normalized spacial score (nSPS) is 17.4. The third-order valence-corrected chi connectivity index (χ3v) is 2.81. The van der Waals surface area contributed by atoms with Gasteiger partial charge < -0.3 is 4.90 Å². The Morgan fingerprint density at radius 2 is 1.94 bits per heavy atom. The maximum atomic E-state index is 4.23. The van der Waals surface area contributed by atoms with Gasteiger partial charge in [0.05, 0.1) is 0 Å². The molecule has 0 bridgehead atoms. The molecule has 0 aromatic carbocycles. The summed E-state index contributed by atoms with van der Waals surface area (Å²) >= 11 is 0. The van der Waals surface area contributed by atoms with Crippen LogP contribution in [0.1, 0.15) is 27.7 Å². The smallest absolute Gasteiger partial charge is 0.0479 e. The molecule has 0 spiro atoms. The Labute approximate surface area is 106 Å². The van der Waals surface area contributed by atoms with E-state index in [4.69, 9.17) is 0 Å². The molecular formula is C16H23N. The van der Waals surface area contributed by atoms with Crippen molar-refractivity contribution in [2.45, 2.75) is 27.7 Å². The molecule has 1 aliphatic heterocycles.